The molecule has 24 heavy (non-hydrogen) atoms. The van der Waals surface area contributed by atoms with Crippen molar-refractivity contribution in [1.29, 1.82) is 0 Å². The molecule has 1 saturated carbocycles. The Kier molecular flexibility index (Phi) is 4.10. The molecule has 2 aromatic rings. The molecular formula is C20H23FN2O. The number of fused-ring (bicyclic) bond motifs is 2. The Labute approximate surface area is 142 Å². The molecule has 1 aliphatic carbocycles. The molecule has 2 atom stereocenters. The third kappa shape index (κ3) is 2.74. The monoisotopic (exact) mass is 326 g/mol. The highest BCUT2D eigenvalue weighted by atomic mass is 19.1. The quantitative estimate of drug-likeness (QED) is 0.940. The number of hydrogen-bond acceptors (Lipinski definition) is 3. The second-order valence-corrected chi connectivity index (χ2v) is 7.19. The minimum absolute atomic E-state index is 0.196. The van der Waals surface area contributed by atoms with Gasteiger partial charge in [-0.2, -0.15) is 0 Å². The number of rotatable bonds is 3. The molecule has 126 valence electrons. The van der Waals surface area contributed by atoms with E-state index in [1.54, 1.807) is 6.20 Å². The van der Waals surface area contributed by atoms with Crippen molar-refractivity contribution in [2.45, 2.75) is 31.4 Å². The first kappa shape index (κ1) is 15.7. The Morgan fingerprint density at radius 2 is 1.79 bits per heavy atom. The number of aromatic nitrogens is 1. The van der Waals surface area contributed by atoms with Crippen molar-refractivity contribution in [3.05, 3.63) is 65.7 Å². The molecule has 2 aliphatic rings. The summed E-state index contributed by atoms with van der Waals surface area (Å²) in [5.41, 5.74) is 1.14. The average Bonchev–Trinajstić information content (AvgIpc) is 2.59. The van der Waals surface area contributed by atoms with E-state index in [-0.39, 0.29) is 17.7 Å². The highest BCUT2D eigenvalue weighted by Crippen LogP contribution is 2.48. The summed E-state index contributed by atoms with van der Waals surface area (Å²) < 4.78 is 13.1. The van der Waals surface area contributed by atoms with E-state index in [0.29, 0.717) is 0 Å². The van der Waals surface area contributed by atoms with Crippen molar-refractivity contribution < 1.29 is 9.50 Å². The van der Waals surface area contributed by atoms with Crippen LogP contribution in [0.2, 0.25) is 0 Å². The summed E-state index contributed by atoms with van der Waals surface area (Å²) in [7, 11) is 0. The first-order valence-electron chi connectivity index (χ1n) is 8.77. The van der Waals surface area contributed by atoms with Crippen molar-refractivity contribution in [3.63, 3.8) is 0 Å². The molecule has 1 saturated heterocycles. The fraction of sp³-hybridized carbons (Fsp3) is 0.450. The summed E-state index contributed by atoms with van der Waals surface area (Å²) in [5, 5.41) is 11.5. The van der Waals surface area contributed by atoms with Crippen LogP contribution in [0.25, 0.3) is 0 Å². The molecule has 2 bridgehead atoms. The molecule has 0 unspecified atom stereocenters. The Hall–Kier alpha value is -1.78. The smallest absolute Gasteiger partial charge is 0.123 e. The van der Waals surface area contributed by atoms with Gasteiger partial charge in [0, 0.05) is 37.7 Å². The van der Waals surface area contributed by atoms with Gasteiger partial charge in [-0.15, -0.1) is 0 Å². The van der Waals surface area contributed by atoms with Crippen LogP contribution in [-0.2, 0) is 12.1 Å². The van der Waals surface area contributed by atoms with Gasteiger partial charge in [-0.1, -0.05) is 24.6 Å². The number of pyridine rings is 1. The molecule has 2 fully saturated rings. The largest absolute Gasteiger partial charge is 0.383 e. The summed E-state index contributed by atoms with van der Waals surface area (Å²) in [6.07, 6.45) is 5.01. The third-order valence-corrected chi connectivity index (χ3v) is 5.70. The highest BCUT2D eigenvalue weighted by Gasteiger charge is 2.52. The second-order valence-electron chi connectivity index (χ2n) is 7.19. The van der Waals surface area contributed by atoms with Crippen LogP contribution in [-0.4, -0.2) is 28.1 Å². The fourth-order valence-electron chi connectivity index (χ4n) is 4.54. The molecule has 0 amide bonds. The number of nitrogens with zero attached hydrogens (tertiary/aromatic N) is 2. The number of piperidine rings is 1. The van der Waals surface area contributed by atoms with Crippen molar-refractivity contribution >= 4 is 0 Å². The number of aliphatic hydroxyl groups is 1. The van der Waals surface area contributed by atoms with Gasteiger partial charge in [0.1, 0.15) is 11.4 Å². The molecule has 0 spiro atoms. The zero-order valence-electron chi connectivity index (χ0n) is 13.7. The maximum Gasteiger partial charge on any atom is 0.123 e. The minimum atomic E-state index is -0.807. The predicted octanol–water partition coefficient (Wildman–Crippen LogP) is 3.34. The lowest BCUT2D eigenvalue weighted by molar-refractivity contribution is -0.151. The van der Waals surface area contributed by atoms with Gasteiger partial charge >= 0.3 is 0 Å². The molecule has 1 N–H and O–H groups in total. The predicted molar refractivity (Wildman–Crippen MR) is 90.6 cm³/mol. The molecular weight excluding hydrogens is 303 g/mol. The van der Waals surface area contributed by atoms with E-state index in [1.807, 2.05) is 30.3 Å². The average molecular weight is 326 g/mol. The van der Waals surface area contributed by atoms with Crippen molar-refractivity contribution in [2.75, 3.05) is 13.1 Å². The molecule has 4 heteroatoms. The Bertz CT molecular complexity index is 675. The molecule has 1 aromatic heterocycles. The summed E-state index contributed by atoms with van der Waals surface area (Å²) in [5.74, 6) is 0.222. The zero-order chi connectivity index (χ0) is 16.6. The van der Waals surface area contributed by atoms with E-state index in [9.17, 15) is 9.50 Å². The maximum absolute atomic E-state index is 13.1. The van der Waals surface area contributed by atoms with E-state index in [2.05, 4.69) is 9.88 Å². The summed E-state index contributed by atoms with van der Waals surface area (Å²) in [6.45, 7) is 2.54. The molecule has 1 aromatic carbocycles. The second kappa shape index (κ2) is 6.26. The van der Waals surface area contributed by atoms with E-state index < -0.39 is 5.60 Å². The van der Waals surface area contributed by atoms with E-state index in [1.165, 1.54) is 18.6 Å². The van der Waals surface area contributed by atoms with E-state index in [0.717, 1.165) is 43.7 Å². The van der Waals surface area contributed by atoms with Crippen molar-refractivity contribution in [1.82, 2.24) is 9.88 Å². The lowest BCUT2D eigenvalue weighted by atomic mass is 9.64. The zero-order valence-corrected chi connectivity index (χ0v) is 13.7. The van der Waals surface area contributed by atoms with E-state index in [4.69, 9.17) is 0 Å². The first-order chi connectivity index (χ1) is 11.7. The number of likely N-dealkylation sites (tertiary alicyclic amines) is 1. The van der Waals surface area contributed by atoms with Gasteiger partial charge in [0.05, 0.1) is 5.69 Å². The fourth-order valence-corrected chi connectivity index (χ4v) is 4.54. The van der Waals surface area contributed by atoms with Gasteiger partial charge < -0.3 is 5.11 Å². The van der Waals surface area contributed by atoms with Crippen molar-refractivity contribution in [2.24, 2.45) is 11.8 Å². The summed E-state index contributed by atoms with van der Waals surface area (Å²) in [4.78, 5) is 6.87. The molecule has 0 radical (unpaired) electrons. The molecule has 3 nitrogen and oxygen atoms in total. The van der Waals surface area contributed by atoms with Crippen LogP contribution in [0.3, 0.4) is 0 Å². The first-order valence-corrected chi connectivity index (χ1v) is 8.77. The highest BCUT2D eigenvalue weighted by molar-refractivity contribution is 5.21. The van der Waals surface area contributed by atoms with Crippen LogP contribution in [0, 0.1) is 17.7 Å². The van der Waals surface area contributed by atoms with Crippen LogP contribution >= 0.6 is 0 Å². The topological polar surface area (TPSA) is 36.4 Å². The van der Waals surface area contributed by atoms with Crippen LogP contribution in [0.15, 0.2) is 48.7 Å². The molecule has 2 heterocycles. The van der Waals surface area contributed by atoms with Crippen molar-refractivity contribution in [3.8, 4) is 0 Å². The van der Waals surface area contributed by atoms with Crippen LogP contribution in [0.5, 0.6) is 0 Å². The third-order valence-electron chi connectivity index (χ3n) is 5.70. The van der Waals surface area contributed by atoms with E-state index >= 15 is 0 Å². The van der Waals surface area contributed by atoms with Crippen LogP contribution in [0.1, 0.15) is 30.5 Å². The Morgan fingerprint density at radius 1 is 1.08 bits per heavy atom. The van der Waals surface area contributed by atoms with Gasteiger partial charge in [-0.3, -0.25) is 9.88 Å². The van der Waals surface area contributed by atoms with Gasteiger partial charge in [0.15, 0.2) is 0 Å². The number of benzene rings is 1. The summed E-state index contributed by atoms with van der Waals surface area (Å²) in [6, 6.07) is 12.6. The standard InChI is InChI=1S/C20H23FN2O/c21-18-9-7-15(8-10-18)12-23-13-16-4-3-5-17(14-23)20(16,24)19-6-1-2-11-22-19/h1-2,6-11,16-17,24H,3-5,12-14H2/t16-,17-/m1/s1. The Morgan fingerprint density at radius 3 is 2.42 bits per heavy atom. The molecule has 1 aliphatic heterocycles. The van der Waals surface area contributed by atoms with Crippen LogP contribution < -0.4 is 0 Å². The minimum Gasteiger partial charge on any atom is -0.383 e. The number of hydrogen-bond donors (Lipinski definition) is 1. The SMILES string of the molecule is OC1(c2ccccn2)[C@@H]2CCC[C@@H]1CN(Cc1ccc(F)cc1)C2. The number of halogens is 1. The Balaban J connectivity index is 1.55. The van der Waals surface area contributed by atoms with Crippen LogP contribution in [0.4, 0.5) is 4.39 Å². The normalized spacial score (nSPS) is 30.2. The summed E-state index contributed by atoms with van der Waals surface area (Å²) >= 11 is 0. The molecule has 4 rings (SSSR count). The van der Waals surface area contributed by atoms with Gasteiger partial charge in [-0.25, -0.2) is 4.39 Å². The maximum atomic E-state index is 13.1. The lowest BCUT2D eigenvalue weighted by Gasteiger charge is -2.52. The van der Waals surface area contributed by atoms with Gasteiger partial charge in [-0.05, 0) is 42.7 Å². The van der Waals surface area contributed by atoms with Gasteiger partial charge in [0.2, 0.25) is 0 Å². The van der Waals surface area contributed by atoms with Gasteiger partial charge in [0.25, 0.3) is 0 Å². The lowest BCUT2D eigenvalue weighted by Crippen LogP contribution is -2.58.